The van der Waals surface area contributed by atoms with Crippen molar-refractivity contribution in [3.05, 3.63) is 171 Å². The third kappa shape index (κ3) is 6.63. The summed E-state index contributed by atoms with van der Waals surface area (Å²) in [5, 5.41) is 2.95. The summed E-state index contributed by atoms with van der Waals surface area (Å²) in [4.78, 5) is 54.7. The highest BCUT2D eigenvalue weighted by molar-refractivity contribution is 8.04. The first kappa shape index (κ1) is 31.7. The maximum absolute atomic E-state index is 14.3. The summed E-state index contributed by atoms with van der Waals surface area (Å²) in [6.45, 7) is 4.09. The van der Waals surface area contributed by atoms with E-state index in [-0.39, 0.29) is 24.6 Å². The fourth-order valence-electron chi connectivity index (χ4n) is 5.86. The number of esters is 1. The molecule has 2 aliphatic rings. The van der Waals surface area contributed by atoms with Crippen molar-refractivity contribution in [2.45, 2.75) is 23.9 Å². The van der Waals surface area contributed by atoms with Gasteiger partial charge in [-0.05, 0) is 34.9 Å². The predicted octanol–water partition coefficient (Wildman–Crippen LogP) is 5.92. The van der Waals surface area contributed by atoms with Crippen LogP contribution in [0.2, 0.25) is 0 Å². The van der Waals surface area contributed by atoms with Gasteiger partial charge in [0, 0.05) is 28.0 Å². The average molecular weight is 671 g/mol. The summed E-state index contributed by atoms with van der Waals surface area (Å²) in [6, 6.07) is 35.1. The Balaban J connectivity index is 1.20. The summed E-state index contributed by atoms with van der Waals surface area (Å²) in [5.41, 5.74) is 2.53. The number of thioether (sulfide) groups is 1. The molecule has 7 rings (SSSR count). The molecule has 2 aliphatic heterocycles. The van der Waals surface area contributed by atoms with Crippen LogP contribution >= 0.6 is 11.8 Å². The van der Waals surface area contributed by atoms with Crippen molar-refractivity contribution in [1.29, 1.82) is 0 Å². The van der Waals surface area contributed by atoms with Crippen LogP contribution in [0.1, 0.15) is 22.8 Å². The van der Waals surface area contributed by atoms with Crippen LogP contribution in [0.5, 0.6) is 5.75 Å². The molecular weight excluding hydrogens is 641 g/mol. The highest BCUT2D eigenvalue weighted by atomic mass is 32.2. The Hall–Kier alpha value is -5.87. The van der Waals surface area contributed by atoms with E-state index in [9.17, 15) is 19.2 Å². The first-order valence-corrected chi connectivity index (χ1v) is 16.5. The van der Waals surface area contributed by atoms with E-state index in [1.165, 1.54) is 22.7 Å². The second-order valence-electron chi connectivity index (χ2n) is 11.5. The Morgan fingerprint density at radius 3 is 2.16 bits per heavy atom. The number of carbonyl (C=O) groups is 3. The minimum Gasteiger partial charge on any atom is -0.489 e. The number of benzene rings is 4. The molecule has 5 aromatic rings. The van der Waals surface area contributed by atoms with Crippen molar-refractivity contribution < 1.29 is 28.3 Å². The molecule has 4 aromatic carbocycles. The molecule has 10 heteroatoms. The number of ether oxygens (including phenoxy) is 2. The maximum Gasteiger partial charge on any atom is 0.356 e. The van der Waals surface area contributed by atoms with E-state index in [0.29, 0.717) is 21.8 Å². The van der Waals surface area contributed by atoms with E-state index in [0.717, 1.165) is 22.1 Å². The minimum atomic E-state index is -0.870. The molecule has 3 heterocycles. The van der Waals surface area contributed by atoms with E-state index in [2.05, 4.69) is 11.9 Å². The number of fused-ring (bicyclic) bond motifs is 2. The SMILES string of the molecule is C=C1S[C@@H]2[C@H](NC(=O)Cc3ccccc3)C(=O)N2C(C(=O)OC(c2ccccc2)c2ccccc2)=C1COc1ccc2ccc(=O)oc2c1. The molecule has 244 valence electrons. The van der Waals surface area contributed by atoms with E-state index >= 15 is 0 Å². The fourth-order valence-corrected chi connectivity index (χ4v) is 7.08. The Kier molecular flexibility index (Phi) is 8.87. The second-order valence-corrected chi connectivity index (χ2v) is 12.7. The number of β-lactam (4-membered cyclic amide) rings is 1. The first-order chi connectivity index (χ1) is 23.9. The first-order valence-electron chi connectivity index (χ1n) is 15.6. The zero-order valence-electron chi connectivity index (χ0n) is 26.1. The molecule has 0 radical (unpaired) electrons. The summed E-state index contributed by atoms with van der Waals surface area (Å²) < 4.78 is 17.6. The van der Waals surface area contributed by atoms with Gasteiger partial charge in [0.05, 0.1) is 6.42 Å². The number of rotatable bonds is 10. The Bertz CT molecular complexity index is 2110. The predicted molar refractivity (Wildman–Crippen MR) is 185 cm³/mol. The summed E-state index contributed by atoms with van der Waals surface area (Å²) in [5.74, 6) is -1.11. The summed E-state index contributed by atoms with van der Waals surface area (Å²) in [6.07, 6.45) is -0.666. The number of hydrogen-bond donors (Lipinski definition) is 1. The van der Waals surface area contributed by atoms with Gasteiger partial charge >= 0.3 is 11.6 Å². The molecule has 2 amide bonds. The van der Waals surface area contributed by atoms with Gasteiger partial charge in [0.25, 0.3) is 5.91 Å². The van der Waals surface area contributed by atoms with E-state index in [1.807, 2.05) is 91.0 Å². The quantitative estimate of drug-likeness (QED) is 0.111. The van der Waals surface area contributed by atoms with Gasteiger partial charge in [-0.1, -0.05) is 109 Å². The smallest absolute Gasteiger partial charge is 0.356 e. The van der Waals surface area contributed by atoms with Gasteiger partial charge in [-0.2, -0.15) is 0 Å². The highest BCUT2D eigenvalue weighted by Gasteiger charge is 2.55. The second kappa shape index (κ2) is 13.7. The molecule has 1 N–H and O–H groups in total. The Morgan fingerprint density at radius 1 is 0.857 bits per heavy atom. The van der Waals surface area contributed by atoms with Crippen molar-refractivity contribution in [3.63, 3.8) is 0 Å². The number of nitrogens with zero attached hydrogens (tertiary/aromatic N) is 1. The average Bonchev–Trinajstić information content (AvgIpc) is 3.12. The van der Waals surface area contributed by atoms with Crippen LogP contribution in [-0.2, 0) is 25.5 Å². The molecule has 1 aromatic heterocycles. The maximum atomic E-state index is 14.3. The molecule has 9 nitrogen and oxygen atoms in total. The molecule has 0 spiro atoms. The lowest BCUT2D eigenvalue weighted by molar-refractivity contribution is -0.154. The molecule has 0 aliphatic carbocycles. The van der Waals surface area contributed by atoms with Crippen LogP contribution < -0.4 is 15.7 Å². The van der Waals surface area contributed by atoms with E-state index < -0.39 is 35.0 Å². The topological polar surface area (TPSA) is 115 Å². The number of hydrogen-bond acceptors (Lipinski definition) is 8. The van der Waals surface area contributed by atoms with Crippen molar-refractivity contribution in [3.8, 4) is 5.75 Å². The zero-order chi connectivity index (χ0) is 33.9. The normalized spacial score (nSPS) is 17.0. The molecule has 0 bridgehead atoms. The van der Waals surface area contributed by atoms with Gasteiger partial charge in [-0.3, -0.25) is 14.5 Å². The van der Waals surface area contributed by atoms with Crippen LogP contribution in [-0.4, -0.2) is 40.7 Å². The Labute approximate surface area is 285 Å². The molecule has 1 fully saturated rings. The summed E-state index contributed by atoms with van der Waals surface area (Å²) >= 11 is 1.27. The molecule has 1 saturated heterocycles. The van der Waals surface area contributed by atoms with Crippen LogP contribution in [0.4, 0.5) is 0 Å². The molecule has 0 saturated carbocycles. The lowest BCUT2D eigenvalue weighted by Gasteiger charge is -2.50. The molecule has 49 heavy (non-hydrogen) atoms. The molecule has 2 atom stereocenters. The largest absolute Gasteiger partial charge is 0.489 e. The minimum absolute atomic E-state index is 0.00325. The van der Waals surface area contributed by atoms with Gasteiger partial charge in [0.15, 0.2) is 6.10 Å². The van der Waals surface area contributed by atoms with Crippen molar-refractivity contribution in [2.24, 2.45) is 0 Å². The zero-order valence-corrected chi connectivity index (χ0v) is 26.9. The van der Waals surface area contributed by atoms with Gasteiger partial charge in [-0.15, -0.1) is 0 Å². The third-order valence-electron chi connectivity index (χ3n) is 8.29. The third-order valence-corrected chi connectivity index (χ3v) is 9.55. The Morgan fingerprint density at radius 2 is 1.49 bits per heavy atom. The fraction of sp³-hybridized carbons (Fsp3) is 0.128. The van der Waals surface area contributed by atoms with Gasteiger partial charge in [0.1, 0.15) is 35.1 Å². The van der Waals surface area contributed by atoms with Crippen LogP contribution in [0, 0.1) is 0 Å². The number of carbonyl (C=O) groups excluding carboxylic acids is 3. The van der Waals surface area contributed by atoms with Crippen molar-refractivity contribution in [1.82, 2.24) is 10.2 Å². The number of nitrogens with one attached hydrogen (secondary N) is 1. The lowest BCUT2D eigenvalue weighted by Crippen LogP contribution is -2.70. The van der Waals surface area contributed by atoms with Crippen LogP contribution in [0.3, 0.4) is 0 Å². The van der Waals surface area contributed by atoms with E-state index in [4.69, 9.17) is 13.9 Å². The molecular formula is C39H30N2O7S. The van der Waals surface area contributed by atoms with Gasteiger partial charge in [-0.25, -0.2) is 9.59 Å². The summed E-state index contributed by atoms with van der Waals surface area (Å²) in [7, 11) is 0. The van der Waals surface area contributed by atoms with Crippen LogP contribution in [0.15, 0.2) is 153 Å². The van der Waals surface area contributed by atoms with Gasteiger partial charge in [0.2, 0.25) is 5.91 Å². The standard InChI is InChI=1S/C39H30N2O7S/c1-24-30(23-46-29-19-17-26-18-20-33(43)47-31(26)22-29)35(39(45)48-36(27-13-7-3-8-14-27)28-15-9-4-10-16-28)41-37(44)34(38(41)49-24)40-32(42)21-25-11-5-2-6-12-25/h2-20,22,34,36,38H,1,21,23H2,(H,40,42)/t34-,38-/m1/s1. The highest BCUT2D eigenvalue weighted by Crippen LogP contribution is 2.46. The monoisotopic (exact) mass is 670 g/mol. The molecule has 0 unspecified atom stereocenters. The van der Waals surface area contributed by atoms with Crippen LogP contribution in [0.25, 0.3) is 11.0 Å². The van der Waals surface area contributed by atoms with Crippen molar-refractivity contribution >= 4 is 40.5 Å². The van der Waals surface area contributed by atoms with E-state index in [1.54, 1.807) is 24.3 Å². The van der Waals surface area contributed by atoms with Crippen molar-refractivity contribution in [2.75, 3.05) is 6.61 Å². The number of amides is 2. The van der Waals surface area contributed by atoms with Gasteiger partial charge < -0.3 is 19.2 Å². The lowest BCUT2D eigenvalue weighted by atomic mass is 10.00.